The van der Waals surface area contributed by atoms with Crippen LogP contribution in [0.2, 0.25) is 0 Å². The molecule has 0 amide bonds. The van der Waals surface area contributed by atoms with Gasteiger partial charge in [-0.3, -0.25) is 0 Å². The number of aryl methyl sites for hydroxylation is 1. The standard InChI is InChI=1S/C15H20N2O/c1-11-7-12(8-16)5-6-13(11)9-17-15-4-2-3-14(15)10-18/h5-7,14-15,17-18H,2-4,9-10H2,1H3. The Morgan fingerprint density at radius 2 is 2.28 bits per heavy atom. The fourth-order valence-corrected chi connectivity index (χ4v) is 2.73. The van der Waals surface area contributed by atoms with Crippen LogP contribution in [0.5, 0.6) is 0 Å². The maximum Gasteiger partial charge on any atom is 0.0991 e. The van der Waals surface area contributed by atoms with Crippen molar-refractivity contribution in [1.29, 1.82) is 5.26 Å². The van der Waals surface area contributed by atoms with E-state index in [0.717, 1.165) is 24.9 Å². The molecule has 2 atom stereocenters. The van der Waals surface area contributed by atoms with Gasteiger partial charge in [0.05, 0.1) is 11.6 Å². The first kappa shape index (κ1) is 13.1. The van der Waals surface area contributed by atoms with Crippen molar-refractivity contribution in [3.8, 4) is 6.07 Å². The molecule has 1 saturated carbocycles. The predicted molar refractivity (Wildman–Crippen MR) is 70.9 cm³/mol. The molecule has 2 rings (SSSR count). The minimum absolute atomic E-state index is 0.282. The molecule has 1 fully saturated rings. The van der Waals surface area contributed by atoms with Crippen molar-refractivity contribution in [2.24, 2.45) is 5.92 Å². The summed E-state index contributed by atoms with van der Waals surface area (Å²) in [4.78, 5) is 0. The van der Waals surface area contributed by atoms with E-state index in [1.54, 1.807) is 0 Å². The van der Waals surface area contributed by atoms with Gasteiger partial charge < -0.3 is 10.4 Å². The third kappa shape index (κ3) is 2.90. The van der Waals surface area contributed by atoms with Crippen molar-refractivity contribution in [2.45, 2.75) is 38.8 Å². The van der Waals surface area contributed by atoms with Crippen LogP contribution in [0, 0.1) is 24.2 Å². The number of hydrogen-bond donors (Lipinski definition) is 2. The highest BCUT2D eigenvalue weighted by atomic mass is 16.3. The van der Waals surface area contributed by atoms with Crippen molar-refractivity contribution in [2.75, 3.05) is 6.61 Å². The number of nitrogens with one attached hydrogen (secondary N) is 1. The van der Waals surface area contributed by atoms with E-state index in [1.807, 2.05) is 25.1 Å². The van der Waals surface area contributed by atoms with Crippen molar-refractivity contribution in [1.82, 2.24) is 5.32 Å². The fraction of sp³-hybridized carbons (Fsp3) is 0.533. The van der Waals surface area contributed by atoms with Gasteiger partial charge in [-0.05, 0) is 48.9 Å². The average Bonchev–Trinajstić information content (AvgIpc) is 2.84. The molecule has 0 spiro atoms. The highest BCUT2D eigenvalue weighted by Crippen LogP contribution is 2.25. The Morgan fingerprint density at radius 3 is 2.94 bits per heavy atom. The monoisotopic (exact) mass is 244 g/mol. The Bertz CT molecular complexity index is 450. The molecule has 1 aromatic rings. The van der Waals surface area contributed by atoms with Crippen LogP contribution in [0.4, 0.5) is 0 Å². The van der Waals surface area contributed by atoms with Crippen molar-refractivity contribution in [3.05, 3.63) is 34.9 Å². The van der Waals surface area contributed by atoms with Gasteiger partial charge >= 0.3 is 0 Å². The van der Waals surface area contributed by atoms with Crippen LogP contribution in [0.25, 0.3) is 0 Å². The SMILES string of the molecule is Cc1cc(C#N)ccc1CNC1CCCC1CO. The highest BCUT2D eigenvalue weighted by molar-refractivity contribution is 5.37. The molecule has 3 nitrogen and oxygen atoms in total. The Kier molecular flexibility index (Phi) is 4.35. The van der Waals surface area contributed by atoms with Gasteiger partial charge in [0.2, 0.25) is 0 Å². The van der Waals surface area contributed by atoms with Crippen LogP contribution in [-0.4, -0.2) is 17.8 Å². The van der Waals surface area contributed by atoms with E-state index in [2.05, 4.69) is 11.4 Å². The van der Waals surface area contributed by atoms with Gasteiger partial charge in [0.15, 0.2) is 0 Å². The molecule has 0 saturated heterocycles. The van der Waals surface area contributed by atoms with Crippen molar-refractivity contribution >= 4 is 0 Å². The molecule has 0 radical (unpaired) electrons. The molecular formula is C15H20N2O. The van der Waals surface area contributed by atoms with Crippen LogP contribution < -0.4 is 5.32 Å². The van der Waals surface area contributed by atoms with Gasteiger partial charge in [-0.15, -0.1) is 0 Å². The number of benzene rings is 1. The number of aliphatic hydroxyl groups is 1. The topological polar surface area (TPSA) is 56.0 Å². The summed E-state index contributed by atoms with van der Waals surface area (Å²) in [6.07, 6.45) is 3.48. The summed E-state index contributed by atoms with van der Waals surface area (Å²) in [5.74, 6) is 0.406. The molecule has 1 aromatic carbocycles. The normalized spacial score (nSPS) is 22.9. The zero-order valence-electron chi connectivity index (χ0n) is 10.8. The summed E-state index contributed by atoms with van der Waals surface area (Å²) in [5.41, 5.74) is 3.10. The molecule has 1 aliphatic rings. The van der Waals surface area contributed by atoms with Gasteiger partial charge in [0.1, 0.15) is 0 Å². The Hall–Kier alpha value is -1.37. The maximum absolute atomic E-state index is 9.28. The minimum atomic E-state index is 0.282. The molecule has 3 heteroatoms. The molecule has 2 unspecified atom stereocenters. The molecule has 18 heavy (non-hydrogen) atoms. The fourth-order valence-electron chi connectivity index (χ4n) is 2.73. The van der Waals surface area contributed by atoms with Crippen LogP contribution in [0.1, 0.15) is 36.0 Å². The van der Waals surface area contributed by atoms with Crippen molar-refractivity contribution in [3.63, 3.8) is 0 Å². The van der Waals surface area contributed by atoms with E-state index in [4.69, 9.17) is 5.26 Å². The lowest BCUT2D eigenvalue weighted by Gasteiger charge is -2.19. The van der Waals surface area contributed by atoms with Gasteiger partial charge in [-0.2, -0.15) is 5.26 Å². The number of nitrogens with zero attached hydrogens (tertiary/aromatic N) is 1. The lowest BCUT2D eigenvalue weighted by Crippen LogP contribution is -2.33. The third-order valence-corrected chi connectivity index (χ3v) is 3.92. The van der Waals surface area contributed by atoms with Crippen LogP contribution in [0.3, 0.4) is 0 Å². The van der Waals surface area contributed by atoms with Crippen LogP contribution in [0.15, 0.2) is 18.2 Å². The molecule has 2 N–H and O–H groups in total. The quantitative estimate of drug-likeness (QED) is 0.853. The highest BCUT2D eigenvalue weighted by Gasteiger charge is 2.25. The first-order valence-electron chi connectivity index (χ1n) is 6.58. The molecule has 0 aliphatic heterocycles. The smallest absolute Gasteiger partial charge is 0.0991 e. The number of aliphatic hydroxyl groups excluding tert-OH is 1. The summed E-state index contributed by atoms with van der Waals surface area (Å²) in [6.45, 7) is 3.14. The first-order valence-corrected chi connectivity index (χ1v) is 6.58. The largest absolute Gasteiger partial charge is 0.396 e. The summed E-state index contributed by atoms with van der Waals surface area (Å²) < 4.78 is 0. The summed E-state index contributed by atoms with van der Waals surface area (Å²) in [6, 6.07) is 8.40. The van der Waals surface area contributed by atoms with E-state index in [1.165, 1.54) is 12.0 Å². The molecular weight excluding hydrogens is 224 g/mol. The van der Waals surface area contributed by atoms with Gasteiger partial charge in [0, 0.05) is 19.2 Å². The van der Waals surface area contributed by atoms with E-state index >= 15 is 0 Å². The number of nitriles is 1. The molecule has 1 aliphatic carbocycles. The summed E-state index contributed by atoms with van der Waals surface area (Å²) in [7, 11) is 0. The van der Waals surface area contributed by atoms with E-state index in [9.17, 15) is 5.11 Å². The van der Waals surface area contributed by atoms with E-state index < -0.39 is 0 Å². The Labute approximate surface area is 108 Å². The lowest BCUT2D eigenvalue weighted by molar-refractivity contribution is 0.205. The van der Waals surface area contributed by atoms with Crippen LogP contribution in [-0.2, 0) is 6.54 Å². The lowest BCUT2D eigenvalue weighted by atomic mass is 10.0. The summed E-state index contributed by atoms with van der Waals surface area (Å²) in [5, 5.41) is 21.6. The Balaban J connectivity index is 1.96. The zero-order valence-corrected chi connectivity index (χ0v) is 10.8. The van der Waals surface area contributed by atoms with E-state index in [-0.39, 0.29) is 6.61 Å². The predicted octanol–water partition coefficient (Wildman–Crippen LogP) is 2.12. The number of rotatable bonds is 4. The van der Waals surface area contributed by atoms with Gasteiger partial charge in [-0.1, -0.05) is 12.5 Å². The molecule has 0 heterocycles. The van der Waals surface area contributed by atoms with Gasteiger partial charge in [0.25, 0.3) is 0 Å². The number of hydrogen-bond acceptors (Lipinski definition) is 3. The maximum atomic E-state index is 9.28. The Morgan fingerprint density at radius 1 is 1.44 bits per heavy atom. The molecule has 0 aromatic heterocycles. The zero-order chi connectivity index (χ0) is 13.0. The van der Waals surface area contributed by atoms with Crippen molar-refractivity contribution < 1.29 is 5.11 Å². The second kappa shape index (κ2) is 5.99. The second-order valence-corrected chi connectivity index (χ2v) is 5.11. The minimum Gasteiger partial charge on any atom is -0.396 e. The third-order valence-electron chi connectivity index (χ3n) is 3.92. The second-order valence-electron chi connectivity index (χ2n) is 5.11. The first-order chi connectivity index (χ1) is 8.74. The molecule has 0 bridgehead atoms. The van der Waals surface area contributed by atoms with E-state index in [0.29, 0.717) is 17.5 Å². The van der Waals surface area contributed by atoms with Crippen LogP contribution >= 0.6 is 0 Å². The van der Waals surface area contributed by atoms with Gasteiger partial charge in [-0.25, -0.2) is 0 Å². The molecule has 96 valence electrons. The average molecular weight is 244 g/mol. The summed E-state index contributed by atoms with van der Waals surface area (Å²) >= 11 is 0.